The van der Waals surface area contributed by atoms with E-state index in [2.05, 4.69) is 20.7 Å². The van der Waals surface area contributed by atoms with Crippen LogP contribution in [-0.4, -0.2) is 33.2 Å². The molecular formula is C14H20N4O. The highest BCUT2D eigenvalue weighted by Crippen LogP contribution is 2.18. The van der Waals surface area contributed by atoms with Crippen molar-refractivity contribution in [2.75, 3.05) is 6.54 Å². The highest BCUT2D eigenvalue weighted by atomic mass is 16.3. The summed E-state index contributed by atoms with van der Waals surface area (Å²) >= 11 is 0. The molecule has 0 aliphatic carbocycles. The van der Waals surface area contributed by atoms with Crippen molar-refractivity contribution in [1.29, 1.82) is 0 Å². The molecule has 102 valence electrons. The van der Waals surface area contributed by atoms with Gasteiger partial charge >= 0.3 is 0 Å². The van der Waals surface area contributed by atoms with Crippen LogP contribution in [0.15, 0.2) is 30.3 Å². The van der Waals surface area contributed by atoms with E-state index in [-0.39, 0.29) is 6.10 Å². The lowest BCUT2D eigenvalue weighted by atomic mass is 10.1. The third kappa shape index (κ3) is 4.15. The molecule has 0 spiro atoms. The fourth-order valence-corrected chi connectivity index (χ4v) is 1.93. The third-order valence-electron chi connectivity index (χ3n) is 2.94. The van der Waals surface area contributed by atoms with Crippen LogP contribution in [0.4, 0.5) is 0 Å². The van der Waals surface area contributed by atoms with Gasteiger partial charge in [0.15, 0.2) is 0 Å². The molecule has 1 atom stereocenters. The number of hydrogen-bond donors (Lipinski definition) is 3. The standard InChI is InChI=1S/C14H20N4O/c1-11(19)6-5-9-15-10-13-14(17-18-16-13)12-7-3-2-4-8-12/h2-4,7-8,11,15,19H,5-6,9-10H2,1H3,(H,16,17,18). The summed E-state index contributed by atoms with van der Waals surface area (Å²) in [5, 5.41) is 23.5. The number of H-pyrrole nitrogens is 1. The number of benzene rings is 1. The van der Waals surface area contributed by atoms with Crippen molar-refractivity contribution >= 4 is 0 Å². The van der Waals surface area contributed by atoms with E-state index in [9.17, 15) is 5.11 Å². The number of nitrogens with one attached hydrogen (secondary N) is 2. The van der Waals surface area contributed by atoms with Gasteiger partial charge in [0.1, 0.15) is 11.4 Å². The quantitative estimate of drug-likeness (QED) is 0.663. The maximum Gasteiger partial charge on any atom is 0.117 e. The molecule has 3 N–H and O–H groups in total. The Balaban J connectivity index is 1.87. The van der Waals surface area contributed by atoms with Crippen LogP contribution in [0.25, 0.3) is 11.3 Å². The van der Waals surface area contributed by atoms with Crippen LogP contribution in [0.5, 0.6) is 0 Å². The van der Waals surface area contributed by atoms with Gasteiger partial charge in [0, 0.05) is 12.1 Å². The van der Waals surface area contributed by atoms with Gasteiger partial charge in [-0.2, -0.15) is 15.4 Å². The minimum atomic E-state index is -0.228. The van der Waals surface area contributed by atoms with E-state index < -0.39 is 0 Å². The average Bonchev–Trinajstić information content (AvgIpc) is 2.87. The second-order valence-corrected chi connectivity index (χ2v) is 4.65. The van der Waals surface area contributed by atoms with Crippen LogP contribution in [0, 0.1) is 0 Å². The molecule has 0 saturated carbocycles. The van der Waals surface area contributed by atoms with E-state index in [4.69, 9.17) is 0 Å². The SMILES string of the molecule is CC(O)CCCNCc1n[nH]nc1-c1ccccc1. The number of aliphatic hydroxyl groups is 1. The van der Waals surface area contributed by atoms with Gasteiger partial charge in [0.05, 0.1) is 6.10 Å². The number of rotatable bonds is 7. The fourth-order valence-electron chi connectivity index (χ4n) is 1.93. The van der Waals surface area contributed by atoms with E-state index in [0.717, 1.165) is 36.3 Å². The second-order valence-electron chi connectivity index (χ2n) is 4.65. The molecule has 0 saturated heterocycles. The van der Waals surface area contributed by atoms with Crippen LogP contribution in [-0.2, 0) is 6.54 Å². The van der Waals surface area contributed by atoms with Gasteiger partial charge in [0.2, 0.25) is 0 Å². The van der Waals surface area contributed by atoms with E-state index >= 15 is 0 Å². The Kier molecular flexibility index (Phi) is 5.06. The Labute approximate surface area is 113 Å². The zero-order valence-electron chi connectivity index (χ0n) is 11.1. The Morgan fingerprint density at radius 3 is 2.79 bits per heavy atom. The first-order chi connectivity index (χ1) is 9.27. The van der Waals surface area contributed by atoms with Crippen LogP contribution in [0.1, 0.15) is 25.5 Å². The first-order valence-electron chi connectivity index (χ1n) is 6.61. The molecule has 0 aliphatic heterocycles. The third-order valence-corrected chi connectivity index (χ3v) is 2.94. The van der Waals surface area contributed by atoms with Gasteiger partial charge in [-0.3, -0.25) is 0 Å². The number of hydrogen-bond acceptors (Lipinski definition) is 4. The fraction of sp³-hybridized carbons (Fsp3) is 0.429. The minimum absolute atomic E-state index is 0.228. The first-order valence-corrected chi connectivity index (χ1v) is 6.61. The topological polar surface area (TPSA) is 73.8 Å². The van der Waals surface area contributed by atoms with Gasteiger partial charge < -0.3 is 10.4 Å². The molecule has 5 nitrogen and oxygen atoms in total. The molecule has 0 fully saturated rings. The number of aliphatic hydroxyl groups excluding tert-OH is 1. The molecule has 1 aromatic carbocycles. The first kappa shape index (κ1) is 13.7. The zero-order chi connectivity index (χ0) is 13.5. The lowest BCUT2D eigenvalue weighted by molar-refractivity contribution is 0.181. The molecule has 2 rings (SSSR count). The van der Waals surface area contributed by atoms with Gasteiger partial charge in [-0.25, -0.2) is 0 Å². The van der Waals surface area contributed by atoms with Crippen molar-refractivity contribution in [2.45, 2.75) is 32.4 Å². The molecule has 0 bridgehead atoms. The lowest BCUT2D eigenvalue weighted by Crippen LogP contribution is -2.17. The summed E-state index contributed by atoms with van der Waals surface area (Å²) < 4.78 is 0. The van der Waals surface area contributed by atoms with Crippen molar-refractivity contribution in [1.82, 2.24) is 20.7 Å². The second kappa shape index (κ2) is 7.01. The van der Waals surface area contributed by atoms with Gasteiger partial charge in [0.25, 0.3) is 0 Å². The number of nitrogens with zero attached hydrogens (tertiary/aromatic N) is 2. The number of aromatic nitrogens is 3. The summed E-state index contributed by atoms with van der Waals surface area (Å²) in [4.78, 5) is 0. The molecule has 0 amide bonds. The highest BCUT2D eigenvalue weighted by Gasteiger charge is 2.09. The van der Waals surface area contributed by atoms with Gasteiger partial charge in [-0.15, -0.1) is 0 Å². The molecule has 1 aromatic heterocycles. The molecule has 0 aliphatic rings. The Morgan fingerprint density at radius 1 is 1.26 bits per heavy atom. The van der Waals surface area contributed by atoms with Crippen LogP contribution in [0.3, 0.4) is 0 Å². The zero-order valence-corrected chi connectivity index (χ0v) is 11.1. The van der Waals surface area contributed by atoms with E-state index in [1.54, 1.807) is 0 Å². The van der Waals surface area contributed by atoms with Crippen molar-refractivity contribution in [3.8, 4) is 11.3 Å². The molecule has 2 aromatic rings. The van der Waals surface area contributed by atoms with E-state index in [1.807, 2.05) is 37.3 Å². The minimum Gasteiger partial charge on any atom is -0.393 e. The van der Waals surface area contributed by atoms with Crippen molar-refractivity contribution in [3.63, 3.8) is 0 Å². The summed E-state index contributed by atoms with van der Waals surface area (Å²) in [7, 11) is 0. The van der Waals surface area contributed by atoms with Crippen molar-refractivity contribution in [2.24, 2.45) is 0 Å². The number of aromatic amines is 1. The summed E-state index contributed by atoms with van der Waals surface area (Å²) in [6, 6.07) is 10.0. The van der Waals surface area contributed by atoms with E-state index in [1.165, 1.54) is 0 Å². The monoisotopic (exact) mass is 260 g/mol. The van der Waals surface area contributed by atoms with Crippen molar-refractivity contribution in [3.05, 3.63) is 36.0 Å². The predicted octanol–water partition coefficient (Wildman–Crippen LogP) is 1.72. The molecule has 19 heavy (non-hydrogen) atoms. The summed E-state index contributed by atoms with van der Waals surface area (Å²) in [6.07, 6.45) is 1.54. The van der Waals surface area contributed by atoms with Gasteiger partial charge in [-0.05, 0) is 26.3 Å². The smallest absolute Gasteiger partial charge is 0.117 e. The van der Waals surface area contributed by atoms with Gasteiger partial charge in [-0.1, -0.05) is 30.3 Å². The van der Waals surface area contributed by atoms with Crippen LogP contribution < -0.4 is 5.32 Å². The summed E-state index contributed by atoms with van der Waals surface area (Å²) in [5.41, 5.74) is 2.88. The molecule has 5 heteroatoms. The Hall–Kier alpha value is -1.72. The predicted molar refractivity (Wildman–Crippen MR) is 74.4 cm³/mol. The molecule has 0 radical (unpaired) electrons. The molecule has 1 unspecified atom stereocenters. The van der Waals surface area contributed by atoms with Crippen molar-refractivity contribution < 1.29 is 5.11 Å². The normalized spacial score (nSPS) is 12.5. The summed E-state index contributed by atoms with van der Waals surface area (Å²) in [5.74, 6) is 0. The lowest BCUT2D eigenvalue weighted by Gasteiger charge is -2.05. The van der Waals surface area contributed by atoms with Crippen LogP contribution >= 0.6 is 0 Å². The van der Waals surface area contributed by atoms with E-state index in [0.29, 0.717) is 6.54 Å². The molecule has 1 heterocycles. The maximum atomic E-state index is 9.17. The Morgan fingerprint density at radius 2 is 2.05 bits per heavy atom. The largest absolute Gasteiger partial charge is 0.393 e. The Bertz CT molecular complexity index is 481. The molecular weight excluding hydrogens is 240 g/mol. The highest BCUT2D eigenvalue weighted by molar-refractivity contribution is 5.60. The maximum absolute atomic E-state index is 9.17. The average molecular weight is 260 g/mol. The summed E-state index contributed by atoms with van der Waals surface area (Å²) in [6.45, 7) is 3.36. The van der Waals surface area contributed by atoms with Crippen LogP contribution in [0.2, 0.25) is 0 Å².